The molecule has 0 aliphatic carbocycles. The number of hydrazine groups is 1. The summed E-state index contributed by atoms with van der Waals surface area (Å²) in [6.07, 6.45) is 0. The van der Waals surface area contributed by atoms with E-state index in [-0.39, 0.29) is 11.5 Å². The molecule has 1 aromatic rings. The minimum atomic E-state index is 0.0390. The average Bonchev–Trinajstić information content (AvgIpc) is 2.19. The standard InChI is InChI=1S/C13H22N2O/c1-9-6-7-10(11(8-9)16-5)12(15-14)13(2,3)4/h6-8,12,15H,14H2,1-5H3. The summed E-state index contributed by atoms with van der Waals surface area (Å²) < 4.78 is 5.41. The van der Waals surface area contributed by atoms with Gasteiger partial charge < -0.3 is 4.74 Å². The molecule has 1 rings (SSSR count). The minimum Gasteiger partial charge on any atom is -0.496 e. The van der Waals surface area contributed by atoms with Crippen LogP contribution in [-0.4, -0.2) is 7.11 Å². The van der Waals surface area contributed by atoms with Gasteiger partial charge in [-0.2, -0.15) is 0 Å². The molecule has 3 heteroatoms. The van der Waals surface area contributed by atoms with E-state index in [1.165, 1.54) is 5.56 Å². The van der Waals surface area contributed by atoms with E-state index in [0.717, 1.165) is 11.3 Å². The highest BCUT2D eigenvalue weighted by Crippen LogP contribution is 2.37. The number of nitrogens with two attached hydrogens (primary N) is 1. The Bertz CT molecular complexity index is 355. The van der Waals surface area contributed by atoms with E-state index in [4.69, 9.17) is 10.6 Å². The van der Waals surface area contributed by atoms with Gasteiger partial charge in [-0.25, -0.2) is 0 Å². The number of aryl methyl sites for hydroxylation is 1. The Morgan fingerprint density at radius 1 is 1.31 bits per heavy atom. The van der Waals surface area contributed by atoms with Gasteiger partial charge in [-0.3, -0.25) is 11.3 Å². The molecule has 0 saturated heterocycles. The molecule has 3 nitrogen and oxygen atoms in total. The lowest BCUT2D eigenvalue weighted by Gasteiger charge is -2.31. The monoisotopic (exact) mass is 222 g/mol. The molecule has 1 atom stereocenters. The SMILES string of the molecule is COc1cc(C)ccc1C(NN)C(C)(C)C. The van der Waals surface area contributed by atoms with Gasteiger partial charge in [0.1, 0.15) is 5.75 Å². The van der Waals surface area contributed by atoms with Crippen LogP contribution in [0.25, 0.3) is 0 Å². The smallest absolute Gasteiger partial charge is 0.123 e. The first-order valence-corrected chi connectivity index (χ1v) is 5.51. The second-order valence-electron chi connectivity index (χ2n) is 5.21. The Balaban J connectivity index is 3.20. The van der Waals surface area contributed by atoms with Crippen LogP contribution >= 0.6 is 0 Å². The maximum atomic E-state index is 5.65. The van der Waals surface area contributed by atoms with E-state index in [1.807, 2.05) is 13.0 Å². The van der Waals surface area contributed by atoms with Crippen LogP contribution in [-0.2, 0) is 0 Å². The van der Waals surface area contributed by atoms with Crippen molar-refractivity contribution in [1.82, 2.24) is 5.43 Å². The van der Waals surface area contributed by atoms with E-state index in [1.54, 1.807) is 7.11 Å². The molecule has 3 N–H and O–H groups in total. The topological polar surface area (TPSA) is 47.3 Å². The fourth-order valence-electron chi connectivity index (χ4n) is 1.86. The van der Waals surface area contributed by atoms with E-state index >= 15 is 0 Å². The van der Waals surface area contributed by atoms with E-state index < -0.39 is 0 Å². The molecule has 0 heterocycles. The van der Waals surface area contributed by atoms with Gasteiger partial charge in [0, 0.05) is 5.56 Å². The first-order valence-electron chi connectivity index (χ1n) is 5.51. The van der Waals surface area contributed by atoms with Crippen LogP contribution in [0.5, 0.6) is 5.75 Å². The normalized spacial score (nSPS) is 13.6. The summed E-state index contributed by atoms with van der Waals surface area (Å²) in [4.78, 5) is 0. The van der Waals surface area contributed by atoms with Gasteiger partial charge in [0.2, 0.25) is 0 Å². The van der Waals surface area contributed by atoms with Crippen molar-refractivity contribution >= 4 is 0 Å². The van der Waals surface area contributed by atoms with E-state index in [9.17, 15) is 0 Å². The first kappa shape index (κ1) is 13.0. The van der Waals surface area contributed by atoms with Gasteiger partial charge in [0.05, 0.1) is 13.2 Å². The van der Waals surface area contributed by atoms with Gasteiger partial charge in [-0.15, -0.1) is 0 Å². The second-order valence-corrected chi connectivity index (χ2v) is 5.21. The average molecular weight is 222 g/mol. The molecule has 0 amide bonds. The maximum absolute atomic E-state index is 5.65. The summed E-state index contributed by atoms with van der Waals surface area (Å²) in [7, 11) is 1.69. The predicted octanol–water partition coefficient (Wildman–Crippen LogP) is 2.55. The zero-order valence-corrected chi connectivity index (χ0v) is 10.8. The lowest BCUT2D eigenvalue weighted by molar-refractivity contribution is 0.267. The number of nitrogens with one attached hydrogen (secondary N) is 1. The number of hydrogen-bond donors (Lipinski definition) is 2. The van der Waals surface area contributed by atoms with Crippen LogP contribution < -0.4 is 16.0 Å². The van der Waals surface area contributed by atoms with Gasteiger partial charge in [-0.05, 0) is 24.0 Å². The van der Waals surface area contributed by atoms with Gasteiger partial charge >= 0.3 is 0 Å². The number of rotatable bonds is 3. The quantitative estimate of drug-likeness (QED) is 0.610. The summed E-state index contributed by atoms with van der Waals surface area (Å²) >= 11 is 0. The first-order chi connectivity index (χ1) is 7.40. The molecule has 1 unspecified atom stereocenters. The van der Waals surface area contributed by atoms with Crippen LogP contribution in [0.3, 0.4) is 0 Å². The van der Waals surface area contributed by atoms with Crippen molar-refractivity contribution in [1.29, 1.82) is 0 Å². The third kappa shape index (κ3) is 2.74. The van der Waals surface area contributed by atoms with Crippen LogP contribution in [0.4, 0.5) is 0 Å². The van der Waals surface area contributed by atoms with Crippen molar-refractivity contribution in [3.8, 4) is 5.75 Å². The van der Waals surface area contributed by atoms with Gasteiger partial charge in [0.25, 0.3) is 0 Å². The van der Waals surface area contributed by atoms with Crippen molar-refractivity contribution in [2.75, 3.05) is 7.11 Å². The summed E-state index contributed by atoms with van der Waals surface area (Å²) in [6.45, 7) is 8.50. The molecule has 0 radical (unpaired) electrons. The third-order valence-electron chi connectivity index (χ3n) is 2.73. The molecule has 90 valence electrons. The molecule has 0 spiro atoms. The van der Waals surface area contributed by atoms with Crippen molar-refractivity contribution in [2.45, 2.75) is 33.7 Å². The molecule has 0 aliphatic rings. The number of methoxy groups -OCH3 is 1. The molecule has 0 fully saturated rings. The van der Waals surface area contributed by atoms with E-state index in [2.05, 4.69) is 38.3 Å². The third-order valence-corrected chi connectivity index (χ3v) is 2.73. The number of ether oxygens (including phenoxy) is 1. The lowest BCUT2D eigenvalue weighted by Crippen LogP contribution is -2.37. The van der Waals surface area contributed by atoms with E-state index in [0.29, 0.717) is 0 Å². The maximum Gasteiger partial charge on any atom is 0.123 e. The summed E-state index contributed by atoms with van der Waals surface area (Å²) in [6, 6.07) is 6.26. The van der Waals surface area contributed by atoms with Crippen LogP contribution in [0.2, 0.25) is 0 Å². The Labute approximate surface area is 98.0 Å². The highest BCUT2D eigenvalue weighted by molar-refractivity contribution is 5.40. The van der Waals surface area contributed by atoms with Crippen LogP contribution in [0.1, 0.15) is 37.9 Å². The number of benzene rings is 1. The molecule has 0 aromatic heterocycles. The highest BCUT2D eigenvalue weighted by Gasteiger charge is 2.27. The van der Waals surface area contributed by atoms with Gasteiger partial charge in [0.15, 0.2) is 0 Å². The summed E-state index contributed by atoms with van der Waals surface area (Å²) in [5.41, 5.74) is 5.20. The van der Waals surface area contributed by atoms with Crippen molar-refractivity contribution < 1.29 is 4.74 Å². The largest absolute Gasteiger partial charge is 0.496 e. The second kappa shape index (κ2) is 4.85. The zero-order chi connectivity index (χ0) is 12.3. The number of hydrogen-bond acceptors (Lipinski definition) is 3. The fraction of sp³-hybridized carbons (Fsp3) is 0.538. The minimum absolute atomic E-state index is 0.0390. The van der Waals surface area contributed by atoms with Gasteiger partial charge in [-0.1, -0.05) is 32.9 Å². The van der Waals surface area contributed by atoms with Crippen LogP contribution in [0.15, 0.2) is 18.2 Å². The molecule has 0 bridgehead atoms. The lowest BCUT2D eigenvalue weighted by atomic mass is 9.82. The Hall–Kier alpha value is -1.06. The van der Waals surface area contributed by atoms with Crippen molar-refractivity contribution in [3.63, 3.8) is 0 Å². The fourth-order valence-corrected chi connectivity index (χ4v) is 1.86. The van der Waals surface area contributed by atoms with Crippen molar-refractivity contribution in [3.05, 3.63) is 29.3 Å². The van der Waals surface area contributed by atoms with Crippen molar-refractivity contribution in [2.24, 2.45) is 11.3 Å². The molecule has 0 saturated carbocycles. The Morgan fingerprint density at radius 2 is 1.94 bits per heavy atom. The highest BCUT2D eigenvalue weighted by atomic mass is 16.5. The summed E-state index contributed by atoms with van der Waals surface area (Å²) in [5, 5.41) is 0. The Morgan fingerprint density at radius 3 is 2.38 bits per heavy atom. The molecule has 16 heavy (non-hydrogen) atoms. The molecular weight excluding hydrogens is 200 g/mol. The molecular formula is C13H22N2O. The zero-order valence-electron chi connectivity index (χ0n) is 10.8. The predicted molar refractivity (Wildman–Crippen MR) is 67.3 cm³/mol. The summed E-state index contributed by atoms with van der Waals surface area (Å²) in [5.74, 6) is 6.53. The molecule has 1 aromatic carbocycles. The Kier molecular flexibility index (Phi) is 3.94. The molecule has 0 aliphatic heterocycles. The van der Waals surface area contributed by atoms with Crippen LogP contribution in [0, 0.1) is 12.3 Å².